The van der Waals surface area contributed by atoms with Crippen molar-refractivity contribution in [2.75, 3.05) is 13.2 Å². The van der Waals surface area contributed by atoms with Crippen LogP contribution in [0.4, 0.5) is 0 Å². The summed E-state index contributed by atoms with van der Waals surface area (Å²) in [6.07, 6.45) is 0. The van der Waals surface area contributed by atoms with Crippen LogP contribution in [0.25, 0.3) is 0 Å². The zero-order valence-electron chi connectivity index (χ0n) is 10.1. The lowest BCUT2D eigenvalue weighted by Crippen LogP contribution is -2.16. The summed E-state index contributed by atoms with van der Waals surface area (Å²) in [6, 6.07) is 13.6. The number of aliphatic hydroxyl groups excluding tert-OH is 1. The van der Waals surface area contributed by atoms with Gasteiger partial charge in [0.15, 0.2) is 0 Å². The summed E-state index contributed by atoms with van der Waals surface area (Å²) in [7, 11) is 0. The Morgan fingerprint density at radius 2 is 1.94 bits per heavy atom. The van der Waals surface area contributed by atoms with Crippen LogP contribution in [0.15, 0.2) is 46.9 Å². The van der Waals surface area contributed by atoms with E-state index in [0.717, 1.165) is 11.3 Å². The molecule has 0 fully saturated rings. The lowest BCUT2D eigenvalue weighted by atomic mass is 10.2. The molecule has 96 valence electrons. The van der Waals surface area contributed by atoms with Crippen molar-refractivity contribution in [2.24, 2.45) is 0 Å². The number of furan rings is 1. The van der Waals surface area contributed by atoms with Crippen LogP contribution in [0.5, 0.6) is 5.95 Å². The Balaban J connectivity index is 1.80. The first-order valence-corrected chi connectivity index (χ1v) is 5.95. The predicted octanol–water partition coefficient (Wildman–Crippen LogP) is 1.94. The summed E-state index contributed by atoms with van der Waals surface area (Å²) in [6.45, 7) is 1.77. The van der Waals surface area contributed by atoms with E-state index < -0.39 is 0 Å². The first kappa shape index (κ1) is 12.7. The highest BCUT2D eigenvalue weighted by Crippen LogP contribution is 2.17. The Bertz CT molecular complexity index is 453. The van der Waals surface area contributed by atoms with Crippen LogP contribution in [0.2, 0.25) is 0 Å². The summed E-state index contributed by atoms with van der Waals surface area (Å²) >= 11 is 0. The SMILES string of the molecule is OCCNCc1ccc(OCc2ccccc2)o1. The van der Waals surface area contributed by atoms with Crippen molar-refractivity contribution >= 4 is 0 Å². The van der Waals surface area contributed by atoms with E-state index in [0.29, 0.717) is 25.6 Å². The van der Waals surface area contributed by atoms with Crippen LogP contribution in [0, 0.1) is 0 Å². The van der Waals surface area contributed by atoms with E-state index in [1.54, 1.807) is 6.07 Å². The van der Waals surface area contributed by atoms with E-state index >= 15 is 0 Å². The molecular weight excluding hydrogens is 230 g/mol. The monoisotopic (exact) mass is 247 g/mol. The topological polar surface area (TPSA) is 54.6 Å². The second kappa shape index (κ2) is 6.83. The van der Waals surface area contributed by atoms with Gasteiger partial charge in [-0.2, -0.15) is 0 Å². The molecule has 0 saturated carbocycles. The van der Waals surface area contributed by atoms with Gasteiger partial charge in [-0.25, -0.2) is 0 Å². The van der Waals surface area contributed by atoms with Gasteiger partial charge < -0.3 is 19.6 Å². The van der Waals surface area contributed by atoms with Crippen LogP contribution < -0.4 is 10.1 Å². The summed E-state index contributed by atoms with van der Waals surface area (Å²) < 4.78 is 11.0. The minimum Gasteiger partial charge on any atom is -0.460 e. The second-order valence-corrected chi connectivity index (χ2v) is 3.90. The molecular formula is C14H17NO3. The maximum absolute atomic E-state index is 8.64. The third kappa shape index (κ3) is 3.91. The number of benzene rings is 1. The predicted molar refractivity (Wildman–Crippen MR) is 68.3 cm³/mol. The van der Waals surface area contributed by atoms with Crippen LogP contribution in [-0.2, 0) is 13.2 Å². The molecule has 2 rings (SSSR count). The van der Waals surface area contributed by atoms with Gasteiger partial charge in [-0.3, -0.25) is 0 Å². The fourth-order valence-corrected chi connectivity index (χ4v) is 1.55. The Morgan fingerprint density at radius 1 is 1.11 bits per heavy atom. The van der Waals surface area contributed by atoms with E-state index in [-0.39, 0.29) is 6.61 Å². The smallest absolute Gasteiger partial charge is 0.284 e. The Kier molecular flexibility index (Phi) is 4.81. The number of aliphatic hydroxyl groups is 1. The first-order valence-electron chi connectivity index (χ1n) is 5.95. The van der Waals surface area contributed by atoms with Gasteiger partial charge >= 0.3 is 0 Å². The molecule has 0 saturated heterocycles. The van der Waals surface area contributed by atoms with Crippen molar-refractivity contribution in [3.8, 4) is 5.95 Å². The van der Waals surface area contributed by atoms with Gasteiger partial charge in [0, 0.05) is 12.6 Å². The fraction of sp³-hybridized carbons (Fsp3) is 0.286. The third-order valence-electron chi connectivity index (χ3n) is 2.45. The number of nitrogens with one attached hydrogen (secondary N) is 1. The molecule has 4 heteroatoms. The highest BCUT2D eigenvalue weighted by atomic mass is 16.6. The van der Waals surface area contributed by atoms with Crippen molar-refractivity contribution in [2.45, 2.75) is 13.2 Å². The average molecular weight is 247 g/mol. The molecule has 0 radical (unpaired) electrons. The molecule has 0 unspecified atom stereocenters. The Labute approximate surface area is 106 Å². The lowest BCUT2D eigenvalue weighted by Gasteiger charge is -2.02. The molecule has 4 nitrogen and oxygen atoms in total. The Hall–Kier alpha value is -1.78. The van der Waals surface area contributed by atoms with Gasteiger partial charge in [-0.05, 0) is 11.6 Å². The van der Waals surface area contributed by atoms with Crippen LogP contribution in [0.1, 0.15) is 11.3 Å². The average Bonchev–Trinajstić information content (AvgIpc) is 2.86. The normalized spacial score (nSPS) is 10.5. The molecule has 0 spiro atoms. The molecule has 1 aromatic carbocycles. The van der Waals surface area contributed by atoms with Gasteiger partial charge in [-0.15, -0.1) is 0 Å². The quantitative estimate of drug-likeness (QED) is 0.734. The molecule has 0 amide bonds. The molecule has 0 aliphatic heterocycles. The third-order valence-corrected chi connectivity index (χ3v) is 2.45. The highest BCUT2D eigenvalue weighted by molar-refractivity contribution is 5.16. The van der Waals surface area contributed by atoms with Gasteiger partial charge in [0.25, 0.3) is 5.95 Å². The molecule has 0 aliphatic carbocycles. The largest absolute Gasteiger partial charge is 0.460 e. The van der Waals surface area contributed by atoms with Gasteiger partial charge in [0.1, 0.15) is 12.4 Å². The van der Waals surface area contributed by atoms with E-state index in [4.69, 9.17) is 14.3 Å². The Morgan fingerprint density at radius 3 is 2.72 bits per heavy atom. The molecule has 0 bridgehead atoms. The summed E-state index contributed by atoms with van der Waals surface area (Å²) in [5, 5.41) is 11.7. The molecule has 1 aromatic heterocycles. The number of ether oxygens (including phenoxy) is 1. The van der Waals surface area contributed by atoms with Crippen molar-refractivity contribution in [3.05, 3.63) is 53.8 Å². The van der Waals surface area contributed by atoms with Crippen molar-refractivity contribution in [1.29, 1.82) is 0 Å². The van der Waals surface area contributed by atoms with Crippen molar-refractivity contribution in [3.63, 3.8) is 0 Å². The van der Waals surface area contributed by atoms with E-state index in [1.807, 2.05) is 36.4 Å². The maximum atomic E-state index is 8.64. The summed E-state index contributed by atoms with van der Waals surface area (Å²) in [5.74, 6) is 1.31. The standard InChI is InChI=1S/C14H17NO3/c16-9-8-15-10-13-6-7-14(18-13)17-11-12-4-2-1-3-5-12/h1-7,15-16H,8-11H2. The van der Waals surface area contributed by atoms with Gasteiger partial charge in [0.2, 0.25) is 0 Å². The zero-order chi connectivity index (χ0) is 12.6. The van der Waals surface area contributed by atoms with Crippen LogP contribution in [-0.4, -0.2) is 18.3 Å². The van der Waals surface area contributed by atoms with E-state index in [1.165, 1.54) is 0 Å². The maximum Gasteiger partial charge on any atom is 0.284 e. The molecule has 18 heavy (non-hydrogen) atoms. The molecule has 0 atom stereocenters. The van der Waals surface area contributed by atoms with E-state index in [9.17, 15) is 0 Å². The molecule has 2 aromatic rings. The number of hydrogen-bond acceptors (Lipinski definition) is 4. The number of rotatable bonds is 7. The van der Waals surface area contributed by atoms with Crippen LogP contribution in [0.3, 0.4) is 0 Å². The zero-order valence-corrected chi connectivity index (χ0v) is 10.1. The van der Waals surface area contributed by atoms with Gasteiger partial charge in [0.05, 0.1) is 13.2 Å². The fourth-order valence-electron chi connectivity index (χ4n) is 1.55. The minimum absolute atomic E-state index is 0.123. The molecule has 1 heterocycles. The van der Waals surface area contributed by atoms with Crippen LogP contribution >= 0.6 is 0 Å². The second-order valence-electron chi connectivity index (χ2n) is 3.90. The van der Waals surface area contributed by atoms with Crippen molar-refractivity contribution < 1.29 is 14.3 Å². The van der Waals surface area contributed by atoms with E-state index in [2.05, 4.69) is 5.32 Å². The van der Waals surface area contributed by atoms with Crippen molar-refractivity contribution in [1.82, 2.24) is 5.32 Å². The van der Waals surface area contributed by atoms with Gasteiger partial charge in [-0.1, -0.05) is 30.3 Å². The molecule has 0 aliphatic rings. The first-order chi connectivity index (χ1) is 8.88. The summed E-state index contributed by atoms with van der Waals surface area (Å²) in [5.41, 5.74) is 1.11. The summed E-state index contributed by atoms with van der Waals surface area (Å²) in [4.78, 5) is 0. The number of hydrogen-bond donors (Lipinski definition) is 2. The molecule has 2 N–H and O–H groups in total. The highest BCUT2D eigenvalue weighted by Gasteiger charge is 2.02. The lowest BCUT2D eigenvalue weighted by molar-refractivity contribution is 0.224. The minimum atomic E-state index is 0.123.